The molecule has 2 saturated heterocycles. The number of aliphatic hydroxyl groups excluding tert-OH is 1. The number of nitrogens with zero attached hydrogens (tertiary/aromatic N) is 2. The Morgan fingerprint density at radius 3 is 2.67 bits per heavy atom. The average Bonchev–Trinajstić information content (AvgIpc) is 3.26. The predicted molar refractivity (Wildman–Crippen MR) is 104 cm³/mol. The van der Waals surface area contributed by atoms with Crippen LogP contribution >= 0.6 is 0 Å². The van der Waals surface area contributed by atoms with Crippen LogP contribution in [0.25, 0.3) is 0 Å². The molecular weight excluding hydrogens is 394 g/mol. The molecule has 10 heteroatoms. The van der Waals surface area contributed by atoms with Gasteiger partial charge < -0.3 is 34.4 Å². The Bertz CT molecular complexity index is 866. The number of hydrogen-bond donors (Lipinski definition) is 2. The van der Waals surface area contributed by atoms with Crippen LogP contribution < -0.4 is 14.8 Å². The fourth-order valence-electron chi connectivity index (χ4n) is 4.56. The number of hydrogen-bond acceptors (Lipinski definition) is 7. The van der Waals surface area contributed by atoms with Gasteiger partial charge in [-0.3, -0.25) is 9.59 Å². The van der Waals surface area contributed by atoms with Gasteiger partial charge in [-0.05, 0) is 31.9 Å². The van der Waals surface area contributed by atoms with Crippen LogP contribution in [0, 0.1) is 5.92 Å². The summed E-state index contributed by atoms with van der Waals surface area (Å²) in [6, 6.07) is 4.87. The first kappa shape index (κ1) is 20.3. The van der Waals surface area contributed by atoms with E-state index in [0.29, 0.717) is 43.1 Å². The summed E-state index contributed by atoms with van der Waals surface area (Å²) in [5.41, 5.74) is -0.282. The van der Waals surface area contributed by atoms with E-state index in [1.165, 1.54) is 4.90 Å². The van der Waals surface area contributed by atoms with E-state index in [4.69, 9.17) is 14.2 Å². The molecule has 0 unspecified atom stereocenters. The van der Waals surface area contributed by atoms with Gasteiger partial charge in [-0.1, -0.05) is 0 Å². The molecule has 4 rings (SSSR count). The topological polar surface area (TPSA) is 118 Å². The van der Waals surface area contributed by atoms with Crippen LogP contribution in [-0.4, -0.2) is 78.0 Å². The minimum atomic E-state index is -1.43. The Morgan fingerprint density at radius 1 is 1.27 bits per heavy atom. The molecule has 1 spiro atoms. The Morgan fingerprint density at radius 2 is 1.97 bits per heavy atom. The molecule has 30 heavy (non-hydrogen) atoms. The Kier molecular flexibility index (Phi) is 5.19. The molecule has 0 aromatic heterocycles. The van der Waals surface area contributed by atoms with Crippen molar-refractivity contribution in [3.63, 3.8) is 0 Å². The van der Waals surface area contributed by atoms with Gasteiger partial charge in [0.2, 0.25) is 6.79 Å². The summed E-state index contributed by atoms with van der Waals surface area (Å²) >= 11 is 0. The number of benzene rings is 1. The number of esters is 1. The molecule has 3 aliphatic heterocycles. The summed E-state index contributed by atoms with van der Waals surface area (Å²) in [6.07, 6.45) is -0.697. The van der Waals surface area contributed by atoms with E-state index in [1.54, 1.807) is 37.1 Å². The van der Waals surface area contributed by atoms with Gasteiger partial charge in [0.05, 0.1) is 12.1 Å². The van der Waals surface area contributed by atoms with Crippen LogP contribution in [0.5, 0.6) is 11.5 Å². The van der Waals surface area contributed by atoms with E-state index in [2.05, 4.69) is 5.32 Å². The first-order valence-electron chi connectivity index (χ1n) is 9.95. The Hall–Kier alpha value is -3.01. The van der Waals surface area contributed by atoms with Gasteiger partial charge in [0.25, 0.3) is 5.91 Å². The minimum absolute atomic E-state index is 0.153. The van der Waals surface area contributed by atoms with Gasteiger partial charge in [0, 0.05) is 31.9 Å². The number of piperidine rings is 1. The Labute approximate surface area is 173 Å². The normalized spacial score (nSPS) is 24.3. The molecule has 0 saturated carbocycles. The highest BCUT2D eigenvalue weighted by molar-refractivity contribution is 5.93. The summed E-state index contributed by atoms with van der Waals surface area (Å²) in [6.45, 7) is 2.66. The molecular formula is C20H25N3O7. The van der Waals surface area contributed by atoms with E-state index in [1.807, 2.05) is 0 Å². The fraction of sp³-hybridized carbons (Fsp3) is 0.550. The van der Waals surface area contributed by atoms with Gasteiger partial charge in [-0.25, -0.2) is 4.79 Å². The van der Waals surface area contributed by atoms with E-state index < -0.39 is 29.4 Å². The van der Waals surface area contributed by atoms with E-state index in [0.717, 1.165) is 0 Å². The van der Waals surface area contributed by atoms with Crippen LogP contribution in [0.3, 0.4) is 0 Å². The van der Waals surface area contributed by atoms with Crippen molar-refractivity contribution in [1.29, 1.82) is 0 Å². The molecule has 3 amide bonds. The lowest BCUT2D eigenvalue weighted by Gasteiger charge is -2.45. The van der Waals surface area contributed by atoms with Crippen molar-refractivity contribution >= 4 is 23.6 Å². The number of nitrogens with one attached hydrogen (secondary N) is 1. The summed E-state index contributed by atoms with van der Waals surface area (Å²) < 4.78 is 15.7. The number of carbonyl (C=O) groups is 3. The maximum absolute atomic E-state index is 12.7. The summed E-state index contributed by atoms with van der Waals surface area (Å²) in [4.78, 5) is 40.7. The van der Waals surface area contributed by atoms with Crippen LogP contribution in [0.1, 0.15) is 19.8 Å². The molecule has 1 aromatic rings. The number of amides is 3. The molecule has 2 atom stereocenters. The van der Waals surface area contributed by atoms with Crippen molar-refractivity contribution in [1.82, 2.24) is 9.80 Å². The molecule has 3 aliphatic rings. The highest BCUT2D eigenvalue weighted by Crippen LogP contribution is 2.43. The largest absolute Gasteiger partial charge is 0.466 e. The fourth-order valence-corrected chi connectivity index (χ4v) is 4.56. The second-order valence-electron chi connectivity index (χ2n) is 7.66. The quantitative estimate of drug-likeness (QED) is 0.696. The maximum Gasteiger partial charge on any atom is 0.321 e. The molecule has 2 N–H and O–H groups in total. The van der Waals surface area contributed by atoms with Crippen LogP contribution in [0.15, 0.2) is 18.2 Å². The zero-order valence-corrected chi connectivity index (χ0v) is 16.9. The number of ether oxygens (including phenoxy) is 3. The van der Waals surface area contributed by atoms with Gasteiger partial charge in [0.15, 0.2) is 11.5 Å². The highest BCUT2D eigenvalue weighted by Gasteiger charge is 2.61. The number of likely N-dealkylation sites (tertiary alicyclic amines) is 2. The molecule has 3 heterocycles. The Balaban J connectivity index is 1.44. The van der Waals surface area contributed by atoms with Gasteiger partial charge in [-0.2, -0.15) is 0 Å². The van der Waals surface area contributed by atoms with Crippen molar-refractivity contribution in [3.05, 3.63) is 18.2 Å². The highest BCUT2D eigenvalue weighted by atomic mass is 16.7. The predicted octanol–water partition coefficient (Wildman–Crippen LogP) is 0.794. The van der Waals surface area contributed by atoms with E-state index in [-0.39, 0.29) is 19.4 Å². The van der Waals surface area contributed by atoms with Gasteiger partial charge >= 0.3 is 12.0 Å². The first-order valence-corrected chi connectivity index (χ1v) is 9.95. The summed E-state index contributed by atoms with van der Waals surface area (Å²) in [5, 5.41) is 13.2. The number of urea groups is 1. The van der Waals surface area contributed by atoms with Crippen molar-refractivity contribution < 1.29 is 33.7 Å². The number of rotatable bonds is 3. The lowest BCUT2D eigenvalue weighted by atomic mass is 9.76. The first-order chi connectivity index (χ1) is 14.4. The lowest BCUT2D eigenvalue weighted by molar-refractivity contribution is -0.155. The number of aliphatic hydroxyl groups is 1. The zero-order valence-electron chi connectivity index (χ0n) is 16.9. The third-order valence-electron chi connectivity index (χ3n) is 6.23. The number of fused-ring (bicyclic) bond motifs is 1. The number of anilines is 1. The van der Waals surface area contributed by atoms with Crippen molar-refractivity contribution in [3.8, 4) is 11.5 Å². The van der Waals surface area contributed by atoms with Crippen LogP contribution in [-0.2, 0) is 14.3 Å². The third-order valence-corrected chi connectivity index (χ3v) is 6.23. The second kappa shape index (κ2) is 7.67. The average molecular weight is 419 g/mol. The molecule has 0 bridgehead atoms. The SMILES string of the molecule is CCOC(=O)[C@H]1[C@@H](O)C(=O)N(C)C12CCN(C(=O)Nc1ccc3c(c1)OCO3)CC2. The second-order valence-corrected chi connectivity index (χ2v) is 7.66. The monoisotopic (exact) mass is 419 g/mol. The lowest BCUT2D eigenvalue weighted by Crippen LogP contribution is -2.58. The number of carbonyl (C=O) groups excluding carboxylic acids is 3. The zero-order chi connectivity index (χ0) is 21.5. The van der Waals surface area contributed by atoms with Gasteiger partial charge in [-0.15, -0.1) is 0 Å². The van der Waals surface area contributed by atoms with Crippen molar-refractivity contribution in [2.45, 2.75) is 31.4 Å². The summed E-state index contributed by atoms with van der Waals surface area (Å²) in [5.74, 6) is -0.838. The van der Waals surface area contributed by atoms with Gasteiger partial charge in [0.1, 0.15) is 12.0 Å². The van der Waals surface area contributed by atoms with Crippen molar-refractivity contribution in [2.24, 2.45) is 5.92 Å². The molecule has 162 valence electrons. The molecule has 0 aliphatic carbocycles. The molecule has 10 nitrogen and oxygen atoms in total. The molecule has 1 aromatic carbocycles. The maximum atomic E-state index is 12.7. The number of likely N-dealkylation sites (N-methyl/N-ethyl adjacent to an activating group) is 1. The third kappa shape index (κ3) is 3.20. The summed E-state index contributed by atoms with van der Waals surface area (Å²) in [7, 11) is 1.59. The van der Waals surface area contributed by atoms with Crippen LogP contribution in [0.2, 0.25) is 0 Å². The van der Waals surface area contributed by atoms with Crippen molar-refractivity contribution in [2.75, 3.05) is 38.9 Å². The van der Waals surface area contributed by atoms with E-state index >= 15 is 0 Å². The molecule has 0 radical (unpaired) electrons. The smallest absolute Gasteiger partial charge is 0.321 e. The minimum Gasteiger partial charge on any atom is -0.466 e. The van der Waals surface area contributed by atoms with Crippen LogP contribution in [0.4, 0.5) is 10.5 Å². The molecule has 2 fully saturated rings. The standard InChI is InChI=1S/C20H25N3O7/c1-3-28-18(26)15-16(24)17(25)22(2)20(15)6-8-23(9-7-20)19(27)21-12-4-5-13-14(10-12)30-11-29-13/h4-5,10,15-16,24H,3,6-9,11H2,1-2H3,(H,21,27)/t15-,16-/m1/s1. The van der Waals surface area contributed by atoms with E-state index in [9.17, 15) is 19.5 Å².